The molecule has 1 unspecified atom stereocenters. The molecule has 0 aliphatic heterocycles. The lowest BCUT2D eigenvalue weighted by atomic mass is 9.89. The van der Waals surface area contributed by atoms with Crippen molar-refractivity contribution in [1.29, 1.82) is 0 Å². The number of ether oxygens (including phenoxy) is 2. The molecule has 0 bridgehead atoms. The number of unbranched alkanes of at least 4 members (excludes halogenated alkanes) is 1. The Hall–Kier alpha value is -1.40. The Labute approximate surface area is 154 Å². The minimum Gasteiger partial charge on any atom is -0.462 e. The summed E-state index contributed by atoms with van der Waals surface area (Å²) in [7, 11) is -3.48. The maximum absolute atomic E-state index is 11.8. The van der Waals surface area contributed by atoms with Crippen molar-refractivity contribution in [1.82, 2.24) is 5.32 Å². The average Bonchev–Trinajstić information content (AvgIpc) is 2.62. The monoisotopic (exact) mass is 391 g/mol. The molecule has 0 saturated heterocycles. The van der Waals surface area contributed by atoms with E-state index in [4.69, 9.17) is 9.47 Å². The molecule has 0 aromatic heterocycles. The van der Waals surface area contributed by atoms with Crippen molar-refractivity contribution in [3.8, 4) is 0 Å². The summed E-state index contributed by atoms with van der Waals surface area (Å²) >= 11 is 0. The molecular formula is C17H30NO7P. The third-order valence-corrected chi connectivity index (χ3v) is 6.08. The lowest BCUT2D eigenvalue weighted by Crippen LogP contribution is -2.32. The van der Waals surface area contributed by atoms with E-state index in [1.165, 1.54) is 0 Å². The SMILES string of the molecule is CCCCP(=O)(O)CC(=O)CNC(=O)OCCOC(=O)C1CCCCC1. The highest BCUT2D eigenvalue weighted by molar-refractivity contribution is 7.58. The average molecular weight is 391 g/mol. The molecule has 1 aliphatic carbocycles. The van der Waals surface area contributed by atoms with Crippen LogP contribution < -0.4 is 5.32 Å². The molecule has 26 heavy (non-hydrogen) atoms. The van der Waals surface area contributed by atoms with Crippen molar-refractivity contribution >= 4 is 25.2 Å². The van der Waals surface area contributed by atoms with E-state index in [-0.39, 0.29) is 37.8 Å². The molecule has 0 aromatic carbocycles. The highest BCUT2D eigenvalue weighted by Gasteiger charge is 2.23. The number of hydrogen-bond donors (Lipinski definition) is 2. The van der Waals surface area contributed by atoms with Crippen LogP contribution in [0.4, 0.5) is 4.79 Å². The zero-order valence-corrected chi connectivity index (χ0v) is 16.3. The van der Waals surface area contributed by atoms with Gasteiger partial charge in [-0.2, -0.15) is 0 Å². The van der Waals surface area contributed by atoms with Crippen molar-refractivity contribution in [2.45, 2.75) is 51.9 Å². The first-order chi connectivity index (χ1) is 12.3. The Morgan fingerprint density at radius 1 is 1.12 bits per heavy atom. The third-order valence-electron chi connectivity index (χ3n) is 4.21. The molecule has 9 heteroatoms. The fourth-order valence-corrected chi connectivity index (χ4v) is 4.40. The summed E-state index contributed by atoms with van der Waals surface area (Å²) in [6.07, 6.45) is 5.08. The molecule has 8 nitrogen and oxygen atoms in total. The van der Waals surface area contributed by atoms with Gasteiger partial charge >= 0.3 is 12.1 Å². The van der Waals surface area contributed by atoms with E-state index in [1.807, 2.05) is 6.92 Å². The summed E-state index contributed by atoms with van der Waals surface area (Å²) in [5, 5.41) is 2.23. The third kappa shape index (κ3) is 9.92. The second kappa shape index (κ2) is 12.1. The lowest BCUT2D eigenvalue weighted by Gasteiger charge is -2.19. The Kier molecular flexibility index (Phi) is 10.5. The van der Waals surface area contributed by atoms with Gasteiger partial charge in [0.05, 0.1) is 18.6 Å². The standard InChI is InChI=1S/C17H30NO7P/c1-2-3-11-26(22,23)13-15(19)12-18-17(21)25-10-9-24-16(20)14-7-5-4-6-8-14/h14H,2-13H2,1H3,(H,18,21)(H,22,23). The number of esters is 1. The number of hydrogen-bond acceptors (Lipinski definition) is 6. The number of amides is 1. The Bertz CT molecular complexity index is 517. The molecule has 1 atom stereocenters. The number of rotatable bonds is 11. The van der Waals surface area contributed by atoms with Crippen LogP contribution in [0.2, 0.25) is 0 Å². The van der Waals surface area contributed by atoms with Gasteiger partial charge in [-0.1, -0.05) is 32.6 Å². The number of carbonyl (C=O) groups excluding carboxylic acids is 3. The topological polar surface area (TPSA) is 119 Å². The number of carbonyl (C=O) groups is 3. The normalized spacial score (nSPS) is 17.2. The van der Waals surface area contributed by atoms with Gasteiger partial charge in [-0.25, -0.2) is 4.79 Å². The second-order valence-electron chi connectivity index (χ2n) is 6.61. The summed E-state index contributed by atoms with van der Waals surface area (Å²) in [4.78, 5) is 44.6. The van der Waals surface area contributed by atoms with Gasteiger partial charge in [0.1, 0.15) is 13.2 Å². The van der Waals surface area contributed by atoms with Gasteiger partial charge in [-0.05, 0) is 19.3 Å². The fraction of sp³-hybridized carbons (Fsp3) is 0.824. The first-order valence-electron chi connectivity index (χ1n) is 9.24. The maximum Gasteiger partial charge on any atom is 0.407 e. The lowest BCUT2D eigenvalue weighted by molar-refractivity contribution is -0.150. The van der Waals surface area contributed by atoms with Crippen LogP contribution in [-0.4, -0.2) is 54.8 Å². The van der Waals surface area contributed by atoms with Crippen LogP contribution in [0.3, 0.4) is 0 Å². The zero-order valence-electron chi connectivity index (χ0n) is 15.4. The number of nitrogens with one attached hydrogen (secondary N) is 1. The molecule has 2 N–H and O–H groups in total. The molecular weight excluding hydrogens is 361 g/mol. The summed E-state index contributed by atoms with van der Waals surface area (Å²) in [6, 6.07) is 0. The van der Waals surface area contributed by atoms with E-state index in [0.717, 1.165) is 38.5 Å². The van der Waals surface area contributed by atoms with E-state index in [0.29, 0.717) is 6.42 Å². The molecule has 0 radical (unpaired) electrons. The van der Waals surface area contributed by atoms with Crippen LogP contribution in [0.15, 0.2) is 0 Å². The van der Waals surface area contributed by atoms with Crippen molar-refractivity contribution < 1.29 is 33.3 Å². The van der Waals surface area contributed by atoms with E-state index >= 15 is 0 Å². The molecule has 0 heterocycles. The second-order valence-corrected chi connectivity index (χ2v) is 9.07. The summed E-state index contributed by atoms with van der Waals surface area (Å²) in [6.45, 7) is 1.40. The van der Waals surface area contributed by atoms with Crippen LogP contribution in [0.1, 0.15) is 51.9 Å². The molecule has 1 aliphatic rings. The quantitative estimate of drug-likeness (QED) is 0.315. The zero-order chi connectivity index (χ0) is 19.4. The molecule has 1 fully saturated rings. The largest absolute Gasteiger partial charge is 0.462 e. The smallest absolute Gasteiger partial charge is 0.407 e. The van der Waals surface area contributed by atoms with Crippen LogP contribution in [0.25, 0.3) is 0 Å². The summed E-state index contributed by atoms with van der Waals surface area (Å²) in [5.41, 5.74) is 0. The first kappa shape index (κ1) is 22.6. The first-order valence-corrected chi connectivity index (χ1v) is 11.3. The van der Waals surface area contributed by atoms with Crippen LogP contribution in [0.5, 0.6) is 0 Å². The Morgan fingerprint density at radius 3 is 2.42 bits per heavy atom. The van der Waals surface area contributed by atoms with E-state index in [1.54, 1.807) is 0 Å². The van der Waals surface area contributed by atoms with Crippen LogP contribution in [0, 0.1) is 5.92 Å². The molecule has 150 valence electrons. The van der Waals surface area contributed by atoms with E-state index in [9.17, 15) is 23.8 Å². The fourth-order valence-electron chi connectivity index (χ4n) is 2.77. The molecule has 1 rings (SSSR count). The van der Waals surface area contributed by atoms with E-state index < -0.39 is 25.4 Å². The van der Waals surface area contributed by atoms with Crippen LogP contribution in [-0.2, 0) is 23.6 Å². The molecule has 0 aromatic rings. The van der Waals surface area contributed by atoms with Gasteiger partial charge < -0.3 is 19.7 Å². The summed E-state index contributed by atoms with van der Waals surface area (Å²) in [5.74, 6) is -0.834. The van der Waals surface area contributed by atoms with Gasteiger partial charge in [0, 0.05) is 6.16 Å². The maximum atomic E-state index is 11.8. The molecule has 1 saturated carbocycles. The van der Waals surface area contributed by atoms with Gasteiger partial charge in [0.15, 0.2) is 5.78 Å². The number of alkyl carbamates (subject to hydrolysis) is 1. The van der Waals surface area contributed by atoms with Crippen molar-refractivity contribution in [2.24, 2.45) is 5.92 Å². The van der Waals surface area contributed by atoms with Crippen molar-refractivity contribution in [2.75, 3.05) is 32.1 Å². The highest BCUT2D eigenvalue weighted by atomic mass is 31.2. The van der Waals surface area contributed by atoms with Gasteiger partial charge in [-0.3, -0.25) is 14.2 Å². The van der Waals surface area contributed by atoms with Gasteiger partial charge in [0.2, 0.25) is 7.37 Å². The highest BCUT2D eigenvalue weighted by Crippen LogP contribution is 2.40. The number of Topliss-reactive ketones (excluding diaryl/α,β-unsaturated/α-hetero) is 1. The van der Waals surface area contributed by atoms with Crippen molar-refractivity contribution in [3.63, 3.8) is 0 Å². The van der Waals surface area contributed by atoms with Gasteiger partial charge in [-0.15, -0.1) is 0 Å². The van der Waals surface area contributed by atoms with Crippen molar-refractivity contribution in [3.05, 3.63) is 0 Å². The van der Waals surface area contributed by atoms with Gasteiger partial charge in [0.25, 0.3) is 0 Å². The van der Waals surface area contributed by atoms with E-state index in [2.05, 4.69) is 5.32 Å². The Balaban J connectivity index is 2.11. The number of ketones is 1. The molecule has 0 spiro atoms. The van der Waals surface area contributed by atoms with Crippen LogP contribution >= 0.6 is 7.37 Å². The minimum atomic E-state index is -3.48. The Morgan fingerprint density at radius 2 is 1.77 bits per heavy atom. The summed E-state index contributed by atoms with van der Waals surface area (Å²) < 4.78 is 21.7. The predicted molar refractivity (Wildman–Crippen MR) is 96.4 cm³/mol. The molecule has 1 amide bonds. The minimum absolute atomic E-state index is 0.0282. The predicted octanol–water partition coefficient (Wildman–Crippen LogP) is 2.48.